The number of nitrogens with zero attached hydrogens (tertiary/aromatic N) is 2. The van der Waals surface area contributed by atoms with Crippen LogP contribution in [0.3, 0.4) is 0 Å². The van der Waals surface area contributed by atoms with Crippen LogP contribution in [0.2, 0.25) is 0 Å². The Kier molecular flexibility index (Phi) is 30.8. The molecule has 2 aliphatic rings. The molecule has 2 saturated heterocycles. The lowest BCUT2D eigenvalue weighted by Gasteiger charge is -2.28. The Balaban J connectivity index is 1.77. The van der Waals surface area contributed by atoms with Crippen LogP contribution in [0.15, 0.2) is 0 Å². The van der Waals surface area contributed by atoms with Crippen LogP contribution in [0.4, 0.5) is 0 Å². The number of rotatable bonds is 38. The normalized spacial score (nSPS) is 18.2. The van der Waals surface area contributed by atoms with Gasteiger partial charge in [0.2, 0.25) is 0 Å². The van der Waals surface area contributed by atoms with Crippen molar-refractivity contribution in [3.8, 4) is 0 Å². The summed E-state index contributed by atoms with van der Waals surface area (Å²) in [7, 11) is 4.05. The number of carbonyl (C=O) groups is 2. The molecule has 2 fully saturated rings. The van der Waals surface area contributed by atoms with E-state index in [0.29, 0.717) is 38.1 Å². The van der Waals surface area contributed by atoms with Crippen LogP contribution in [-0.2, 0) is 38.0 Å². The maximum atomic E-state index is 13.0. The molecule has 0 aromatic carbocycles. The first-order chi connectivity index (χ1) is 29.1. The lowest BCUT2D eigenvalue weighted by atomic mass is 10.00. The minimum absolute atomic E-state index is 0.0789. The molecule has 12 heteroatoms. The van der Waals surface area contributed by atoms with Crippen LogP contribution in [0.5, 0.6) is 0 Å². The predicted octanol–water partition coefficient (Wildman–Crippen LogP) is 10.6. The number of unbranched alkanes of at least 4 members (excludes halogenated alkanes) is 14. The first-order valence-corrected chi connectivity index (χ1v) is 25.1. The van der Waals surface area contributed by atoms with E-state index in [9.17, 15) is 9.59 Å². The van der Waals surface area contributed by atoms with Crippen molar-refractivity contribution in [2.45, 2.75) is 225 Å². The Hall–Kier alpha value is -1.57. The van der Waals surface area contributed by atoms with Crippen molar-refractivity contribution < 1.29 is 38.0 Å². The fourth-order valence-electron chi connectivity index (χ4n) is 8.20. The van der Waals surface area contributed by atoms with Crippen molar-refractivity contribution >= 4 is 29.3 Å². The second-order valence-corrected chi connectivity index (χ2v) is 18.2. The fourth-order valence-corrected chi connectivity index (χ4v) is 8.43. The van der Waals surface area contributed by atoms with Gasteiger partial charge in [-0.3, -0.25) is 9.59 Å². The van der Waals surface area contributed by atoms with E-state index in [0.717, 1.165) is 103 Å². The molecular weight excluding hydrogens is 779 g/mol. The summed E-state index contributed by atoms with van der Waals surface area (Å²) in [5.74, 6) is -1.69. The fraction of sp³-hybridized carbons (Fsp3) is 0.938. The Morgan fingerprint density at radius 3 is 1.35 bits per heavy atom. The molecule has 2 aliphatic heterocycles. The van der Waals surface area contributed by atoms with Gasteiger partial charge in [-0.15, -0.1) is 0 Å². The third-order valence-electron chi connectivity index (χ3n) is 11.8. The molecule has 0 aromatic rings. The summed E-state index contributed by atoms with van der Waals surface area (Å²) in [4.78, 5) is 29.7. The molecule has 0 spiro atoms. The Bertz CT molecular complexity index is 1020. The van der Waals surface area contributed by atoms with Crippen LogP contribution in [-0.4, -0.2) is 117 Å². The lowest BCUT2D eigenvalue weighted by molar-refractivity contribution is -0.180. The number of hydrogen-bond donors (Lipinski definition) is 1. The van der Waals surface area contributed by atoms with E-state index in [1.807, 2.05) is 14.1 Å². The predicted molar refractivity (Wildman–Crippen MR) is 247 cm³/mol. The molecule has 11 nitrogen and oxygen atoms in total. The zero-order valence-electron chi connectivity index (χ0n) is 39.5. The van der Waals surface area contributed by atoms with Gasteiger partial charge in [0.25, 0.3) is 0 Å². The van der Waals surface area contributed by atoms with Gasteiger partial charge < -0.3 is 43.5 Å². The first kappa shape index (κ1) is 54.6. The number of thiocarbonyl (C=S) groups is 1. The Labute approximate surface area is 372 Å². The highest BCUT2D eigenvalue weighted by Crippen LogP contribution is 2.37. The van der Waals surface area contributed by atoms with Gasteiger partial charge in [0.05, 0.1) is 38.6 Å². The standard InChI is InChI=1S/C48H91N3O8S/c1-7-11-15-21-30-47(31-22-16-12-8-2)56-40-42(58-47)28-19-25-36-54-44(52)38-51(46(60)49-34-27-35-50(5)6)39-45(53)55-37-26-20-29-43-41-57-48(59-43,32-23-17-13-9-3)33-24-18-14-10-4/h42-43H,7-41H2,1-6H3,(H,49,60). The van der Waals surface area contributed by atoms with Crippen molar-refractivity contribution in [2.24, 2.45) is 0 Å². The zero-order valence-corrected chi connectivity index (χ0v) is 40.3. The largest absolute Gasteiger partial charge is 0.464 e. The quantitative estimate of drug-likeness (QED) is 0.0363. The molecule has 60 heavy (non-hydrogen) atoms. The summed E-state index contributed by atoms with van der Waals surface area (Å²) in [5, 5.41) is 3.56. The average Bonchev–Trinajstić information content (AvgIpc) is 3.83. The third-order valence-corrected chi connectivity index (χ3v) is 12.2. The minimum Gasteiger partial charge on any atom is -0.464 e. The maximum Gasteiger partial charge on any atom is 0.325 e. The zero-order chi connectivity index (χ0) is 43.7. The van der Waals surface area contributed by atoms with Crippen molar-refractivity contribution in [2.75, 3.05) is 66.7 Å². The van der Waals surface area contributed by atoms with Gasteiger partial charge in [-0.05, 0) is 103 Å². The number of nitrogens with one attached hydrogen (secondary N) is 1. The Morgan fingerprint density at radius 1 is 0.583 bits per heavy atom. The highest BCUT2D eigenvalue weighted by Gasteiger charge is 2.41. The van der Waals surface area contributed by atoms with Crippen molar-refractivity contribution in [3.05, 3.63) is 0 Å². The first-order valence-electron chi connectivity index (χ1n) is 24.7. The number of ether oxygens (including phenoxy) is 6. The summed E-state index contributed by atoms with van der Waals surface area (Å²) in [6.45, 7) is 12.1. The molecule has 2 atom stereocenters. The number of esters is 2. The van der Waals surface area contributed by atoms with Gasteiger partial charge in [0.15, 0.2) is 16.7 Å². The van der Waals surface area contributed by atoms with Gasteiger partial charge >= 0.3 is 11.9 Å². The summed E-state index contributed by atoms with van der Waals surface area (Å²) < 4.78 is 37.2. The van der Waals surface area contributed by atoms with E-state index in [1.54, 1.807) is 4.90 Å². The monoisotopic (exact) mass is 870 g/mol. The molecule has 1 N–H and O–H groups in total. The van der Waals surface area contributed by atoms with Crippen LogP contribution < -0.4 is 5.32 Å². The summed E-state index contributed by atoms with van der Waals surface area (Å²) in [5.41, 5.74) is 0. The summed E-state index contributed by atoms with van der Waals surface area (Å²) >= 11 is 5.65. The third kappa shape index (κ3) is 24.9. The topological polar surface area (TPSA) is 108 Å². The SMILES string of the molecule is CCCCCCC1(CCCCCC)OCC(CCCCOC(=O)CN(CC(=O)OCCCCC2COC(CCCCCC)(CCCCCC)O2)C(=S)NCCCN(C)C)O1. The van der Waals surface area contributed by atoms with E-state index in [2.05, 4.69) is 37.9 Å². The highest BCUT2D eigenvalue weighted by molar-refractivity contribution is 7.80. The van der Waals surface area contributed by atoms with E-state index in [1.165, 1.54) is 77.0 Å². The van der Waals surface area contributed by atoms with Gasteiger partial charge in [-0.2, -0.15) is 0 Å². The van der Waals surface area contributed by atoms with E-state index >= 15 is 0 Å². The second kappa shape index (κ2) is 33.9. The van der Waals surface area contributed by atoms with Crippen molar-refractivity contribution in [3.63, 3.8) is 0 Å². The molecular formula is C48H91N3O8S. The van der Waals surface area contributed by atoms with Crippen LogP contribution in [0, 0.1) is 0 Å². The molecule has 0 bridgehead atoms. The minimum atomic E-state index is -0.434. The lowest BCUT2D eigenvalue weighted by Crippen LogP contribution is -2.46. The van der Waals surface area contributed by atoms with Gasteiger partial charge in [0, 0.05) is 32.2 Å². The van der Waals surface area contributed by atoms with Crippen LogP contribution in [0.1, 0.15) is 201 Å². The smallest absolute Gasteiger partial charge is 0.325 e. The number of hydrogen-bond acceptors (Lipinski definition) is 10. The van der Waals surface area contributed by atoms with Gasteiger partial charge in [-0.25, -0.2) is 0 Å². The number of carbonyl (C=O) groups excluding carboxylic acids is 2. The molecule has 0 aliphatic carbocycles. The molecule has 352 valence electrons. The molecule has 0 radical (unpaired) electrons. The molecule has 0 aromatic heterocycles. The van der Waals surface area contributed by atoms with Crippen LogP contribution in [0.25, 0.3) is 0 Å². The van der Waals surface area contributed by atoms with Crippen molar-refractivity contribution in [1.29, 1.82) is 0 Å². The summed E-state index contributed by atoms with van der Waals surface area (Å²) in [6, 6.07) is 0. The van der Waals surface area contributed by atoms with E-state index < -0.39 is 23.5 Å². The highest BCUT2D eigenvalue weighted by atomic mass is 32.1. The maximum absolute atomic E-state index is 13.0. The molecule has 0 saturated carbocycles. The van der Waals surface area contributed by atoms with Gasteiger partial charge in [0.1, 0.15) is 13.1 Å². The summed E-state index contributed by atoms with van der Waals surface area (Å²) in [6.07, 6.45) is 29.2. The average molecular weight is 870 g/mol. The van der Waals surface area contributed by atoms with E-state index in [-0.39, 0.29) is 25.3 Å². The van der Waals surface area contributed by atoms with Crippen LogP contribution >= 0.6 is 12.2 Å². The molecule has 2 unspecified atom stereocenters. The molecule has 0 amide bonds. The van der Waals surface area contributed by atoms with E-state index in [4.69, 9.17) is 40.6 Å². The van der Waals surface area contributed by atoms with Crippen molar-refractivity contribution in [1.82, 2.24) is 15.1 Å². The molecule has 2 heterocycles. The second-order valence-electron chi connectivity index (χ2n) is 17.8. The van der Waals surface area contributed by atoms with Gasteiger partial charge in [-0.1, -0.05) is 105 Å². The Morgan fingerprint density at radius 2 is 0.983 bits per heavy atom. The molecule has 2 rings (SSSR count).